The predicted molar refractivity (Wildman–Crippen MR) is 229 cm³/mol. The Balaban J connectivity index is 1.25. The second kappa shape index (κ2) is 14.6. The molecule has 4 aromatic rings. The minimum absolute atomic E-state index is 0.0244. The van der Waals surface area contributed by atoms with Gasteiger partial charge in [0.1, 0.15) is 55.2 Å². The van der Waals surface area contributed by atoms with Gasteiger partial charge in [0.25, 0.3) is 0 Å². The number of alkyl halides is 1. The van der Waals surface area contributed by atoms with Crippen molar-refractivity contribution < 1.29 is 32.5 Å². The number of ether oxygens (including phenoxy) is 2. The molecule has 7 heterocycles. The largest absolute Gasteiger partial charge is 0.472 e. The summed E-state index contributed by atoms with van der Waals surface area (Å²) in [5.74, 6) is 2.46. The highest BCUT2D eigenvalue weighted by molar-refractivity contribution is 6.90. The maximum absolute atomic E-state index is 17.8. The van der Waals surface area contributed by atoms with Crippen molar-refractivity contribution in [3.8, 4) is 34.6 Å². The van der Waals surface area contributed by atoms with Crippen LogP contribution in [0.2, 0.25) is 16.6 Å². The summed E-state index contributed by atoms with van der Waals surface area (Å²) in [7, 11) is -2.31. The van der Waals surface area contributed by atoms with E-state index in [1.165, 1.54) is 11.0 Å². The lowest BCUT2D eigenvalue weighted by Gasteiger charge is -2.47. The number of anilines is 1. The fourth-order valence-electron chi connectivity index (χ4n) is 11.8. The van der Waals surface area contributed by atoms with Crippen LogP contribution in [0.15, 0.2) is 42.5 Å². The number of pyridine rings is 1. The maximum atomic E-state index is 17.8. The van der Waals surface area contributed by atoms with Crippen LogP contribution < -0.4 is 14.4 Å². The van der Waals surface area contributed by atoms with Crippen LogP contribution in [0.25, 0.3) is 32.9 Å². The first-order valence-corrected chi connectivity index (χ1v) is 23.6. The van der Waals surface area contributed by atoms with Gasteiger partial charge in [-0.3, -0.25) is 9.80 Å². The van der Waals surface area contributed by atoms with Crippen LogP contribution in [0.5, 0.6) is 11.9 Å². The van der Waals surface area contributed by atoms with E-state index in [-0.39, 0.29) is 59.7 Å². The number of piperazine rings is 1. The third kappa shape index (κ3) is 6.00. The average molecular weight is 839 g/mol. The Morgan fingerprint density at radius 2 is 1.80 bits per heavy atom. The van der Waals surface area contributed by atoms with Gasteiger partial charge >= 0.3 is 12.1 Å². The molecule has 0 radical (unpaired) electrons. The van der Waals surface area contributed by atoms with Crippen molar-refractivity contribution in [1.82, 2.24) is 24.8 Å². The van der Waals surface area contributed by atoms with Crippen LogP contribution in [0.4, 0.5) is 23.8 Å². The molecular formula is C46H53F3N6O4Si. The van der Waals surface area contributed by atoms with Crippen LogP contribution in [-0.4, -0.2) is 106 Å². The Bertz CT molecular complexity index is 2490. The summed E-state index contributed by atoms with van der Waals surface area (Å²) in [6.07, 6.45) is -0.418. The van der Waals surface area contributed by atoms with Crippen molar-refractivity contribution in [3.05, 3.63) is 59.7 Å². The zero-order valence-corrected chi connectivity index (χ0v) is 36.4. The Morgan fingerprint density at radius 3 is 2.52 bits per heavy atom. The number of hydrogen-bond donors (Lipinski definition) is 1. The van der Waals surface area contributed by atoms with Gasteiger partial charge in [-0.1, -0.05) is 83.9 Å². The molecule has 0 aliphatic carbocycles. The Morgan fingerprint density at radius 1 is 1.05 bits per heavy atom. The summed E-state index contributed by atoms with van der Waals surface area (Å²) >= 11 is 0. The first kappa shape index (κ1) is 40.5. The van der Waals surface area contributed by atoms with E-state index in [1.807, 2.05) is 17.9 Å². The van der Waals surface area contributed by atoms with E-state index in [0.717, 1.165) is 5.57 Å². The number of halogens is 3. The van der Waals surface area contributed by atoms with Gasteiger partial charge in [-0.2, -0.15) is 9.97 Å². The lowest BCUT2D eigenvalue weighted by Crippen LogP contribution is -2.64. The number of carboxylic acid groups (broad SMARTS) is 1. The standard InChI is InChI=1S/C46H53F3N6O4Si/c1-24(2)60(25(3)4,26(5)6)19-17-32-34(48)14-12-29-10-9-11-33(36(29)32)39-38(49)40-37-42(52-44(51-40)58-23-46-20-30(47)21-53(46)18-16-27(46)7)54-22-31-13-15-35(55(31)45(56)57)41(54)28(8)59-43(37)50-39/h9-12,14,24-26,28,30-31,35,41H,7,13,15-16,18,20-23H2,1-6,8H3,(H,56,57)/t28?,30-,31?,35?,41?,46?/m1/s1. The van der Waals surface area contributed by atoms with Crippen molar-refractivity contribution in [1.29, 1.82) is 0 Å². The normalized spacial score (nSPS) is 26.1. The number of amides is 1. The molecule has 2 aromatic heterocycles. The third-order valence-electron chi connectivity index (χ3n) is 14.6. The molecule has 0 saturated carbocycles. The molecule has 5 aliphatic rings. The lowest BCUT2D eigenvalue weighted by atomic mass is 9.90. The number of rotatable bonds is 7. The van der Waals surface area contributed by atoms with Gasteiger partial charge in [-0.05, 0) is 54.3 Å². The highest BCUT2D eigenvalue weighted by Crippen LogP contribution is 2.48. The fourth-order valence-corrected chi connectivity index (χ4v) is 17.0. The van der Waals surface area contributed by atoms with Gasteiger partial charge in [0.05, 0.1) is 29.2 Å². The first-order chi connectivity index (χ1) is 28.6. The minimum atomic E-state index is -2.31. The Labute approximate surface area is 350 Å². The molecule has 9 rings (SSSR count). The van der Waals surface area contributed by atoms with Gasteiger partial charge in [0, 0.05) is 37.0 Å². The maximum Gasteiger partial charge on any atom is 0.407 e. The molecular weight excluding hydrogens is 786 g/mol. The van der Waals surface area contributed by atoms with Gasteiger partial charge in [0.15, 0.2) is 5.82 Å². The van der Waals surface area contributed by atoms with E-state index in [4.69, 9.17) is 24.4 Å². The molecule has 1 amide bonds. The van der Waals surface area contributed by atoms with E-state index in [1.54, 1.807) is 18.2 Å². The van der Waals surface area contributed by atoms with Crippen molar-refractivity contribution in [3.63, 3.8) is 0 Å². The van der Waals surface area contributed by atoms with E-state index in [2.05, 4.69) is 64.5 Å². The molecule has 10 nitrogen and oxygen atoms in total. The van der Waals surface area contributed by atoms with Crippen molar-refractivity contribution in [2.24, 2.45) is 0 Å². The molecule has 316 valence electrons. The van der Waals surface area contributed by atoms with E-state index >= 15 is 8.78 Å². The molecule has 1 N–H and O–H groups in total. The summed E-state index contributed by atoms with van der Waals surface area (Å²) in [4.78, 5) is 32.7. The topological polar surface area (TPSA) is 104 Å². The quantitative estimate of drug-likeness (QED) is 0.111. The number of carbonyl (C=O) groups is 1. The van der Waals surface area contributed by atoms with Crippen molar-refractivity contribution in [2.45, 2.75) is 127 Å². The third-order valence-corrected chi connectivity index (χ3v) is 20.9. The Hall–Kier alpha value is -4.87. The molecule has 2 bridgehead atoms. The molecule has 60 heavy (non-hydrogen) atoms. The van der Waals surface area contributed by atoms with Gasteiger partial charge in [-0.15, -0.1) is 5.54 Å². The monoisotopic (exact) mass is 838 g/mol. The minimum Gasteiger partial charge on any atom is -0.472 e. The van der Waals surface area contributed by atoms with Crippen molar-refractivity contribution in [2.75, 3.05) is 31.1 Å². The smallest absolute Gasteiger partial charge is 0.407 e. The average Bonchev–Trinajstić information content (AvgIpc) is 3.78. The fraction of sp³-hybridized carbons (Fsp3) is 0.522. The molecule has 0 spiro atoms. The van der Waals surface area contributed by atoms with Gasteiger partial charge in [0.2, 0.25) is 5.88 Å². The second-order valence-electron chi connectivity index (χ2n) is 18.5. The van der Waals surface area contributed by atoms with E-state index in [0.29, 0.717) is 71.1 Å². The summed E-state index contributed by atoms with van der Waals surface area (Å²) in [6.45, 7) is 20.6. The highest BCUT2D eigenvalue weighted by Gasteiger charge is 2.54. The van der Waals surface area contributed by atoms with E-state index in [9.17, 15) is 14.3 Å². The molecule has 5 aliphatic heterocycles. The Kier molecular flexibility index (Phi) is 9.89. The molecule has 5 unspecified atom stereocenters. The van der Waals surface area contributed by atoms with E-state index < -0.39 is 55.7 Å². The molecule has 4 saturated heterocycles. The van der Waals surface area contributed by atoms with Crippen LogP contribution in [0, 0.1) is 23.1 Å². The number of hydrogen-bond acceptors (Lipinski definition) is 8. The second-order valence-corrected chi connectivity index (χ2v) is 24.1. The van der Waals surface area contributed by atoms with Crippen LogP contribution in [0.1, 0.15) is 79.7 Å². The molecule has 14 heteroatoms. The zero-order valence-electron chi connectivity index (χ0n) is 35.4. The zero-order chi connectivity index (χ0) is 42.6. The number of benzene rings is 2. The van der Waals surface area contributed by atoms with Gasteiger partial charge < -0.3 is 19.5 Å². The summed E-state index contributed by atoms with van der Waals surface area (Å²) in [5.41, 5.74) is 5.03. The number of nitrogens with zero attached hydrogens (tertiary/aromatic N) is 6. The highest BCUT2D eigenvalue weighted by atomic mass is 28.3. The van der Waals surface area contributed by atoms with Gasteiger partial charge in [-0.25, -0.2) is 22.9 Å². The first-order valence-electron chi connectivity index (χ1n) is 21.4. The SMILES string of the molecule is C=C1CCN2C[C@H](F)CC12COc1nc2c3c(nc(-c4cccc5ccc(F)c(C#C[Si](C(C)C)(C(C)C)C(C)C)c45)c(F)c3n1)OC(C)C1C3CCC(CN21)N3C(=O)O. The molecule has 6 atom stereocenters. The summed E-state index contributed by atoms with van der Waals surface area (Å²) in [6, 6.07) is 7.10. The molecule has 2 aromatic carbocycles. The van der Waals surface area contributed by atoms with Crippen LogP contribution in [0.3, 0.4) is 0 Å². The predicted octanol–water partition coefficient (Wildman–Crippen LogP) is 9.29. The summed E-state index contributed by atoms with van der Waals surface area (Å²) in [5, 5.41) is 11.6. The van der Waals surface area contributed by atoms with Crippen molar-refractivity contribution >= 4 is 41.7 Å². The molecule has 4 fully saturated rings. The number of fused-ring (bicyclic) bond motifs is 7. The lowest BCUT2D eigenvalue weighted by molar-refractivity contribution is 0.0706. The van der Waals surface area contributed by atoms with Crippen LogP contribution >= 0.6 is 0 Å². The number of aromatic nitrogens is 3. The summed E-state index contributed by atoms with van der Waals surface area (Å²) < 4.78 is 62.1. The van der Waals surface area contributed by atoms with Crippen LogP contribution in [-0.2, 0) is 0 Å².